The molecule has 0 aromatic heterocycles. The third-order valence-electron chi connectivity index (χ3n) is 5.00. The predicted molar refractivity (Wildman–Crippen MR) is 67.2 cm³/mol. The van der Waals surface area contributed by atoms with E-state index in [1.54, 1.807) is 0 Å². The third kappa shape index (κ3) is 2.10. The molecule has 3 fully saturated rings. The van der Waals surface area contributed by atoms with Gasteiger partial charge >= 0.3 is 0 Å². The predicted octanol–water partition coefficient (Wildman–Crippen LogP) is 1.41. The zero-order chi connectivity index (χ0) is 12.6. The lowest BCUT2D eigenvalue weighted by molar-refractivity contribution is -0.161. The largest absolute Gasteiger partial charge is 0.381 e. The molecule has 0 radical (unpaired) electrons. The summed E-state index contributed by atoms with van der Waals surface area (Å²) in [5, 5.41) is 0. The molecular weight excluding hydrogens is 230 g/mol. The van der Waals surface area contributed by atoms with Gasteiger partial charge in [-0.15, -0.1) is 0 Å². The molecule has 0 aromatic carbocycles. The van der Waals surface area contributed by atoms with E-state index in [0.29, 0.717) is 12.4 Å². The van der Waals surface area contributed by atoms with Crippen LogP contribution in [-0.2, 0) is 14.3 Å². The van der Waals surface area contributed by atoms with Crippen LogP contribution in [0.1, 0.15) is 44.9 Å². The van der Waals surface area contributed by atoms with Crippen LogP contribution in [-0.4, -0.2) is 36.7 Å². The Hall–Kier alpha value is -0.450. The molecule has 1 aliphatic carbocycles. The van der Waals surface area contributed by atoms with E-state index in [-0.39, 0.29) is 11.5 Å². The molecule has 0 amide bonds. The molecule has 4 heteroatoms. The van der Waals surface area contributed by atoms with Gasteiger partial charge in [-0.25, -0.2) is 0 Å². The number of carbonyl (C=O) groups is 1. The zero-order valence-electron chi connectivity index (χ0n) is 11.0. The van der Waals surface area contributed by atoms with Crippen LogP contribution in [0, 0.1) is 5.92 Å². The Morgan fingerprint density at radius 3 is 2.44 bits per heavy atom. The van der Waals surface area contributed by atoms with Crippen molar-refractivity contribution in [2.45, 2.75) is 56.1 Å². The van der Waals surface area contributed by atoms with E-state index in [4.69, 9.17) is 15.2 Å². The monoisotopic (exact) mass is 253 g/mol. The second-order valence-corrected chi connectivity index (χ2v) is 6.21. The average Bonchev–Trinajstić information content (AvgIpc) is 2.36. The first-order chi connectivity index (χ1) is 8.64. The summed E-state index contributed by atoms with van der Waals surface area (Å²) < 4.78 is 11.4. The molecule has 18 heavy (non-hydrogen) atoms. The summed E-state index contributed by atoms with van der Waals surface area (Å²) >= 11 is 0. The van der Waals surface area contributed by atoms with Gasteiger partial charge in [-0.3, -0.25) is 4.79 Å². The molecule has 0 bridgehead atoms. The highest BCUT2D eigenvalue weighted by Gasteiger charge is 2.48. The lowest BCUT2D eigenvalue weighted by atomic mass is 9.67. The molecule has 2 saturated heterocycles. The Balaban J connectivity index is 1.68. The topological polar surface area (TPSA) is 61.6 Å². The summed E-state index contributed by atoms with van der Waals surface area (Å²) in [6.45, 7) is 2.22. The van der Waals surface area contributed by atoms with Crippen molar-refractivity contribution in [3.05, 3.63) is 0 Å². The van der Waals surface area contributed by atoms with Gasteiger partial charge in [-0.2, -0.15) is 0 Å². The van der Waals surface area contributed by atoms with E-state index in [0.717, 1.165) is 58.2 Å². The number of ketones is 1. The van der Waals surface area contributed by atoms with Gasteiger partial charge < -0.3 is 15.2 Å². The van der Waals surface area contributed by atoms with E-state index in [9.17, 15) is 4.79 Å². The van der Waals surface area contributed by atoms with Gasteiger partial charge in [0.2, 0.25) is 0 Å². The van der Waals surface area contributed by atoms with E-state index in [1.807, 2.05) is 0 Å². The fraction of sp³-hybridized carbons (Fsp3) is 0.929. The van der Waals surface area contributed by atoms with Gasteiger partial charge in [0.15, 0.2) is 5.78 Å². The summed E-state index contributed by atoms with van der Waals surface area (Å²) in [5.74, 6) is 0.407. The first-order valence-corrected chi connectivity index (χ1v) is 7.19. The van der Waals surface area contributed by atoms with Gasteiger partial charge in [-0.1, -0.05) is 0 Å². The number of nitrogens with two attached hydrogens (primary N) is 1. The Morgan fingerprint density at radius 2 is 1.83 bits per heavy atom. The molecule has 2 N–H and O–H groups in total. The van der Waals surface area contributed by atoms with E-state index >= 15 is 0 Å². The maximum Gasteiger partial charge on any atom is 0.155 e. The SMILES string of the molecule is NC1(C(=O)C2CCOC3(CCOCC3)C2)CCC1. The Bertz CT molecular complexity index is 326. The maximum atomic E-state index is 12.5. The van der Waals surface area contributed by atoms with Gasteiger partial charge in [0.25, 0.3) is 0 Å². The van der Waals surface area contributed by atoms with Crippen LogP contribution in [0.2, 0.25) is 0 Å². The highest BCUT2D eigenvalue weighted by atomic mass is 16.5. The third-order valence-corrected chi connectivity index (χ3v) is 5.00. The molecule has 2 heterocycles. The van der Waals surface area contributed by atoms with Crippen LogP contribution in [0.5, 0.6) is 0 Å². The van der Waals surface area contributed by atoms with Gasteiger partial charge in [0.05, 0.1) is 11.1 Å². The maximum absolute atomic E-state index is 12.5. The second kappa shape index (κ2) is 4.58. The summed E-state index contributed by atoms with van der Waals surface area (Å²) in [6, 6.07) is 0. The molecule has 0 aromatic rings. The first-order valence-electron chi connectivity index (χ1n) is 7.19. The molecular formula is C14H23NO3. The van der Waals surface area contributed by atoms with Crippen molar-refractivity contribution in [2.24, 2.45) is 11.7 Å². The highest BCUT2D eigenvalue weighted by Crippen LogP contribution is 2.41. The normalized spacial score (nSPS) is 33.9. The van der Waals surface area contributed by atoms with E-state index < -0.39 is 5.54 Å². The van der Waals surface area contributed by atoms with Gasteiger partial charge in [-0.05, 0) is 44.9 Å². The number of ether oxygens (including phenoxy) is 2. The fourth-order valence-electron chi connectivity index (χ4n) is 3.55. The fourth-order valence-corrected chi connectivity index (χ4v) is 3.55. The summed E-state index contributed by atoms with van der Waals surface area (Å²) in [6.07, 6.45) is 6.40. The van der Waals surface area contributed by atoms with Crippen molar-refractivity contribution < 1.29 is 14.3 Å². The van der Waals surface area contributed by atoms with E-state index in [2.05, 4.69) is 0 Å². The van der Waals surface area contributed by atoms with Gasteiger partial charge in [0, 0.05) is 25.7 Å². The van der Waals surface area contributed by atoms with Crippen molar-refractivity contribution in [1.82, 2.24) is 0 Å². The molecule has 1 atom stereocenters. The van der Waals surface area contributed by atoms with Gasteiger partial charge in [0.1, 0.15) is 0 Å². The minimum absolute atomic E-state index is 0.100. The molecule has 3 rings (SSSR count). The summed E-state index contributed by atoms with van der Waals surface area (Å²) in [7, 11) is 0. The first kappa shape index (κ1) is 12.6. The van der Waals surface area contributed by atoms with Crippen molar-refractivity contribution in [2.75, 3.05) is 19.8 Å². The van der Waals surface area contributed by atoms with Crippen LogP contribution in [0.25, 0.3) is 0 Å². The van der Waals surface area contributed by atoms with Crippen LogP contribution in [0.3, 0.4) is 0 Å². The van der Waals surface area contributed by atoms with Crippen LogP contribution < -0.4 is 5.73 Å². The van der Waals surface area contributed by atoms with Crippen LogP contribution in [0.4, 0.5) is 0 Å². The van der Waals surface area contributed by atoms with Crippen molar-refractivity contribution in [1.29, 1.82) is 0 Å². The minimum atomic E-state index is -0.506. The number of carbonyl (C=O) groups excluding carboxylic acids is 1. The Labute approximate surface area is 108 Å². The summed E-state index contributed by atoms with van der Waals surface area (Å²) in [5.41, 5.74) is 5.57. The quantitative estimate of drug-likeness (QED) is 0.808. The molecule has 4 nitrogen and oxygen atoms in total. The standard InChI is InChI=1S/C14H23NO3/c15-14(3-1-4-14)12(16)11-2-7-18-13(10-11)5-8-17-9-6-13/h11H,1-10,15H2. The molecule has 1 spiro atoms. The number of hydrogen-bond donors (Lipinski definition) is 1. The molecule has 102 valence electrons. The summed E-state index contributed by atoms with van der Waals surface area (Å²) in [4.78, 5) is 12.5. The highest BCUT2D eigenvalue weighted by molar-refractivity contribution is 5.91. The lowest BCUT2D eigenvalue weighted by Crippen LogP contribution is -2.58. The Kier molecular flexibility index (Phi) is 3.20. The van der Waals surface area contributed by atoms with Crippen molar-refractivity contribution in [3.63, 3.8) is 0 Å². The van der Waals surface area contributed by atoms with Crippen molar-refractivity contribution in [3.8, 4) is 0 Å². The molecule has 3 aliphatic rings. The minimum Gasteiger partial charge on any atom is -0.381 e. The lowest BCUT2D eigenvalue weighted by Gasteiger charge is -2.46. The molecule has 1 unspecified atom stereocenters. The van der Waals surface area contributed by atoms with Crippen molar-refractivity contribution >= 4 is 5.78 Å². The Morgan fingerprint density at radius 1 is 1.11 bits per heavy atom. The average molecular weight is 253 g/mol. The van der Waals surface area contributed by atoms with E-state index in [1.165, 1.54) is 0 Å². The second-order valence-electron chi connectivity index (χ2n) is 6.21. The number of rotatable bonds is 2. The van der Waals surface area contributed by atoms with Crippen LogP contribution >= 0.6 is 0 Å². The smallest absolute Gasteiger partial charge is 0.155 e. The number of Topliss-reactive ketones (excluding diaryl/α,β-unsaturated/α-hetero) is 1. The number of hydrogen-bond acceptors (Lipinski definition) is 4. The van der Waals surface area contributed by atoms with Crippen LogP contribution in [0.15, 0.2) is 0 Å². The molecule has 2 aliphatic heterocycles. The zero-order valence-corrected chi connectivity index (χ0v) is 11.0. The molecule has 1 saturated carbocycles.